The molecule has 0 unspecified atom stereocenters. The SMILES string of the molecule is COc1cc(OC)cc(C(=O)NC2CCC(Nc3nc(N(C)C)c4cc(F)c(F)cc4n3)CC2)c1.O=C(O)C(F)(F)F. The summed E-state index contributed by atoms with van der Waals surface area (Å²) in [5.41, 5.74) is 0.811. The van der Waals surface area contributed by atoms with Gasteiger partial charge in [0, 0.05) is 49.3 Å². The number of halogens is 5. The second kappa shape index (κ2) is 13.5. The van der Waals surface area contributed by atoms with Crippen molar-refractivity contribution in [3.8, 4) is 11.5 Å². The number of amides is 1. The number of hydrogen-bond acceptors (Lipinski definition) is 8. The molecule has 1 aromatic heterocycles. The van der Waals surface area contributed by atoms with Crippen LogP contribution in [0.3, 0.4) is 0 Å². The summed E-state index contributed by atoms with van der Waals surface area (Å²) in [5, 5.41) is 14.0. The number of hydrogen-bond donors (Lipinski definition) is 3. The maximum Gasteiger partial charge on any atom is 0.490 e. The second-order valence-corrected chi connectivity index (χ2v) is 9.62. The van der Waals surface area contributed by atoms with Gasteiger partial charge < -0.3 is 30.1 Å². The molecule has 4 rings (SSSR count). The molecule has 0 bridgehead atoms. The molecule has 1 saturated carbocycles. The molecule has 10 nitrogen and oxygen atoms in total. The Morgan fingerprint density at radius 2 is 1.43 bits per heavy atom. The number of anilines is 2. The highest BCUT2D eigenvalue weighted by Crippen LogP contribution is 2.29. The van der Waals surface area contributed by atoms with Crippen LogP contribution in [0.25, 0.3) is 10.9 Å². The van der Waals surface area contributed by atoms with Gasteiger partial charge in [-0.25, -0.2) is 18.6 Å². The van der Waals surface area contributed by atoms with Crippen LogP contribution in [-0.2, 0) is 4.79 Å². The lowest BCUT2D eigenvalue weighted by molar-refractivity contribution is -0.192. The summed E-state index contributed by atoms with van der Waals surface area (Å²) in [6, 6.07) is 7.41. The smallest absolute Gasteiger partial charge is 0.490 e. The number of alkyl halides is 3. The van der Waals surface area contributed by atoms with E-state index in [9.17, 15) is 26.7 Å². The lowest BCUT2D eigenvalue weighted by Crippen LogP contribution is -2.40. The Kier molecular flexibility index (Phi) is 10.3. The van der Waals surface area contributed by atoms with E-state index < -0.39 is 23.8 Å². The molecule has 1 fully saturated rings. The first kappa shape index (κ1) is 32.1. The van der Waals surface area contributed by atoms with Gasteiger partial charge in [-0.05, 0) is 43.9 Å². The summed E-state index contributed by atoms with van der Waals surface area (Å²) >= 11 is 0. The minimum atomic E-state index is -5.08. The third kappa shape index (κ3) is 8.30. The number of nitrogens with one attached hydrogen (secondary N) is 2. The molecule has 0 aliphatic heterocycles. The summed E-state index contributed by atoms with van der Waals surface area (Å²) in [6.45, 7) is 0. The Morgan fingerprint density at radius 1 is 0.905 bits per heavy atom. The van der Waals surface area contributed by atoms with Crippen LogP contribution in [0.4, 0.5) is 33.7 Å². The van der Waals surface area contributed by atoms with Gasteiger partial charge in [-0.2, -0.15) is 18.2 Å². The van der Waals surface area contributed by atoms with Gasteiger partial charge in [-0.1, -0.05) is 0 Å². The van der Waals surface area contributed by atoms with Crippen molar-refractivity contribution in [1.29, 1.82) is 0 Å². The number of aliphatic carboxylic acids is 1. The zero-order valence-corrected chi connectivity index (χ0v) is 23.2. The molecule has 15 heteroatoms. The minimum absolute atomic E-state index is 0.0321. The highest BCUT2D eigenvalue weighted by molar-refractivity contribution is 5.95. The molecule has 1 amide bonds. The summed E-state index contributed by atoms with van der Waals surface area (Å²) in [7, 11) is 6.66. The van der Waals surface area contributed by atoms with E-state index in [2.05, 4.69) is 20.6 Å². The first-order chi connectivity index (χ1) is 19.7. The predicted octanol–water partition coefficient (Wildman–Crippen LogP) is 4.78. The number of fused-ring (bicyclic) bond motifs is 1. The molecule has 0 radical (unpaired) electrons. The first-order valence-electron chi connectivity index (χ1n) is 12.7. The number of methoxy groups -OCH3 is 2. The largest absolute Gasteiger partial charge is 0.497 e. The van der Waals surface area contributed by atoms with E-state index in [-0.39, 0.29) is 18.0 Å². The predicted molar refractivity (Wildman–Crippen MR) is 144 cm³/mol. The second-order valence-electron chi connectivity index (χ2n) is 9.62. The lowest BCUT2D eigenvalue weighted by atomic mass is 9.91. The molecule has 2 aromatic carbocycles. The van der Waals surface area contributed by atoms with Crippen LogP contribution in [0.2, 0.25) is 0 Å². The van der Waals surface area contributed by atoms with E-state index in [1.165, 1.54) is 0 Å². The number of nitrogens with zero attached hydrogens (tertiary/aromatic N) is 3. The standard InChI is InChI=1S/C25H29F2N5O3.C2HF3O2/c1-32(2)23-19-12-20(26)21(27)13-22(19)30-25(31-23)29-16-7-5-15(6-8-16)28-24(33)14-9-17(34-3)11-18(10-14)35-4;3-2(4,5)1(6)7/h9-13,15-16H,5-8H2,1-4H3,(H,28,33)(H,29,30,31);(H,6,7). The van der Waals surface area contributed by atoms with Crippen molar-refractivity contribution in [2.75, 3.05) is 38.5 Å². The molecule has 0 saturated heterocycles. The first-order valence-corrected chi connectivity index (χ1v) is 12.7. The highest BCUT2D eigenvalue weighted by Gasteiger charge is 2.38. The topological polar surface area (TPSA) is 126 Å². The van der Waals surface area contributed by atoms with Gasteiger partial charge in [0.1, 0.15) is 17.3 Å². The molecule has 1 heterocycles. The van der Waals surface area contributed by atoms with Crippen LogP contribution in [0.5, 0.6) is 11.5 Å². The average Bonchev–Trinajstić information content (AvgIpc) is 2.94. The average molecular weight is 600 g/mol. The Morgan fingerprint density at radius 3 is 1.93 bits per heavy atom. The lowest BCUT2D eigenvalue weighted by Gasteiger charge is -2.30. The van der Waals surface area contributed by atoms with Crippen molar-refractivity contribution < 1.29 is 46.1 Å². The molecule has 228 valence electrons. The number of carbonyl (C=O) groups is 2. The van der Waals surface area contributed by atoms with Gasteiger partial charge in [-0.3, -0.25) is 4.79 Å². The van der Waals surface area contributed by atoms with E-state index in [0.717, 1.165) is 37.8 Å². The molecular weight excluding hydrogens is 569 g/mol. The van der Waals surface area contributed by atoms with Crippen molar-refractivity contribution in [1.82, 2.24) is 15.3 Å². The minimum Gasteiger partial charge on any atom is -0.497 e. The van der Waals surface area contributed by atoms with Crippen molar-refractivity contribution in [2.24, 2.45) is 0 Å². The molecule has 1 aliphatic carbocycles. The van der Waals surface area contributed by atoms with Crippen LogP contribution >= 0.6 is 0 Å². The Labute approximate surface area is 237 Å². The third-order valence-electron chi connectivity index (χ3n) is 6.39. The summed E-state index contributed by atoms with van der Waals surface area (Å²) in [5.74, 6) is -2.84. The Balaban J connectivity index is 0.000000616. The fraction of sp³-hybridized carbons (Fsp3) is 0.407. The van der Waals surface area contributed by atoms with Crippen molar-refractivity contribution >= 4 is 34.5 Å². The number of benzene rings is 2. The van der Waals surface area contributed by atoms with E-state index in [1.807, 2.05) is 0 Å². The maximum atomic E-state index is 13.8. The van der Waals surface area contributed by atoms with Crippen LogP contribution in [0.15, 0.2) is 30.3 Å². The molecule has 0 spiro atoms. The van der Waals surface area contributed by atoms with Gasteiger partial charge in [-0.15, -0.1) is 0 Å². The van der Waals surface area contributed by atoms with Crippen LogP contribution < -0.4 is 25.0 Å². The molecular formula is C27H30F5N5O5. The van der Waals surface area contributed by atoms with E-state index in [0.29, 0.717) is 39.7 Å². The van der Waals surface area contributed by atoms with Gasteiger partial charge in [0.05, 0.1) is 19.7 Å². The van der Waals surface area contributed by atoms with Gasteiger partial charge in [0.25, 0.3) is 5.91 Å². The van der Waals surface area contributed by atoms with Crippen LogP contribution in [-0.4, -0.2) is 73.5 Å². The monoisotopic (exact) mass is 599 g/mol. The molecule has 0 atom stereocenters. The number of ether oxygens (including phenoxy) is 2. The summed E-state index contributed by atoms with van der Waals surface area (Å²) < 4.78 is 69.8. The number of carbonyl (C=O) groups excluding carboxylic acids is 1. The summed E-state index contributed by atoms with van der Waals surface area (Å²) in [4.78, 5) is 32.3. The molecule has 3 N–H and O–H groups in total. The number of aromatic nitrogens is 2. The third-order valence-corrected chi connectivity index (χ3v) is 6.39. The quantitative estimate of drug-likeness (QED) is 0.329. The van der Waals surface area contributed by atoms with Crippen LogP contribution in [0.1, 0.15) is 36.0 Å². The van der Waals surface area contributed by atoms with Crippen molar-refractivity contribution in [2.45, 2.75) is 43.9 Å². The fourth-order valence-electron chi connectivity index (χ4n) is 4.28. The van der Waals surface area contributed by atoms with Crippen molar-refractivity contribution in [3.05, 3.63) is 47.5 Å². The zero-order valence-electron chi connectivity index (χ0n) is 23.2. The number of carboxylic acids is 1. The van der Waals surface area contributed by atoms with Gasteiger partial charge in [0.2, 0.25) is 5.95 Å². The maximum absolute atomic E-state index is 13.8. The number of rotatable bonds is 7. The summed E-state index contributed by atoms with van der Waals surface area (Å²) in [6.07, 6.45) is -1.94. The van der Waals surface area contributed by atoms with Crippen LogP contribution in [0, 0.1) is 11.6 Å². The van der Waals surface area contributed by atoms with Gasteiger partial charge >= 0.3 is 12.1 Å². The highest BCUT2D eigenvalue weighted by atomic mass is 19.4. The Hall–Kier alpha value is -4.43. The Bertz CT molecular complexity index is 1410. The van der Waals surface area contributed by atoms with E-state index >= 15 is 0 Å². The van der Waals surface area contributed by atoms with E-state index in [1.54, 1.807) is 51.4 Å². The molecule has 1 aliphatic rings. The van der Waals surface area contributed by atoms with Crippen molar-refractivity contribution in [3.63, 3.8) is 0 Å². The van der Waals surface area contributed by atoms with Gasteiger partial charge in [0.15, 0.2) is 11.6 Å². The molecule has 3 aromatic rings. The normalized spacial score (nSPS) is 16.6. The fourth-order valence-corrected chi connectivity index (χ4v) is 4.28. The zero-order chi connectivity index (χ0) is 31.2. The number of carboxylic acid groups (broad SMARTS) is 1. The molecule has 42 heavy (non-hydrogen) atoms. The van der Waals surface area contributed by atoms with E-state index in [4.69, 9.17) is 19.4 Å².